The molecular formula is C24H36N4O2. The van der Waals surface area contributed by atoms with E-state index in [9.17, 15) is 9.59 Å². The van der Waals surface area contributed by atoms with Gasteiger partial charge in [-0.2, -0.15) is 0 Å². The first kappa shape index (κ1) is 21.3. The molecule has 1 unspecified atom stereocenters. The lowest BCUT2D eigenvalue weighted by molar-refractivity contribution is -0.139. The number of pyridine rings is 1. The summed E-state index contributed by atoms with van der Waals surface area (Å²) in [6.07, 6.45) is 11.9. The second-order valence-corrected chi connectivity index (χ2v) is 9.45. The first-order valence-electron chi connectivity index (χ1n) is 11.8. The molecule has 2 saturated heterocycles. The molecule has 1 N–H and O–H groups in total. The minimum atomic E-state index is 0.201. The van der Waals surface area contributed by atoms with Gasteiger partial charge in [0.05, 0.1) is 0 Å². The van der Waals surface area contributed by atoms with Crippen molar-refractivity contribution < 1.29 is 9.59 Å². The third-order valence-corrected chi connectivity index (χ3v) is 7.16. The summed E-state index contributed by atoms with van der Waals surface area (Å²) >= 11 is 0. The van der Waals surface area contributed by atoms with Crippen LogP contribution in [0.3, 0.4) is 0 Å². The largest absolute Gasteiger partial charge is 0.342 e. The number of aromatic nitrogens is 1. The van der Waals surface area contributed by atoms with Gasteiger partial charge in [-0.05, 0) is 75.0 Å². The number of nitrogens with zero attached hydrogens (tertiary/aromatic N) is 3. The number of carbonyl (C=O) groups is 2. The Morgan fingerprint density at radius 1 is 1.10 bits per heavy atom. The standard InChI is InChI=1S/C24H36N4O2/c29-23-6-3-12-27(23)17-21-5-2-13-28(18-21)24(30)22-9-7-19(8-10-22)14-26-16-20-4-1-11-25-15-20/h1,4,11,15,19,21-22,26H,2-3,5-10,12-14,16-18H2. The van der Waals surface area contributed by atoms with E-state index in [1.165, 1.54) is 5.56 Å². The quantitative estimate of drug-likeness (QED) is 0.748. The van der Waals surface area contributed by atoms with Crippen molar-refractivity contribution in [3.8, 4) is 0 Å². The maximum atomic E-state index is 13.1. The van der Waals surface area contributed by atoms with Crippen molar-refractivity contribution in [3.05, 3.63) is 30.1 Å². The molecular weight excluding hydrogens is 376 g/mol. The Hall–Kier alpha value is -1.95. The third-order valence-electron chi connectivity index (χ3n) is 7.16. The van der Waals surface area contributed by atoms with Crippen LogP contribution in [0.5, 0.6) is 0 Å². The lowest BCUT2D eigenvalue weighted by atomic mass is 9.81. The van der Waals surface area contributed by atoms with Crippen LogP contribution >= 0.6 is 0 Å². The number of piperidine rings is 1. The van der Waals surface area contributed by atoms with Crippen molar-refractivity contribution in [2.45, 2.75) is 57.9 Å². The summed E-state index contributed by atoms with van der Waals surface area (Å²) in [5, 5.41) is 3.55. The first-order valence-corrected chi connectivity index (χ1v) is 11.8. The van der Waals surface area contributed by atoms with Crippen molar-refractivity contribution in [2.75, 3.05) is 32.7 Å². The molecule has 30 heavy (non-hydrogen) atoms. The van der Waals surface area contributed by atoms with Gasteiger partial charge in [-0.1, -0.05) is 6.07 Å². The molecule has 1 aliphatic carbocycles. The molecule has 3 fully saturated rings. The monoisotopic (exact) mass is 412 g/mol. The number of likely N-dealkylation sites (tertiary alicyclic amines) is 2. The Kier molecular flexibility index (Phi) is 7.37. The van der Waals surface area contributed by atoms with Crippen LogP contribution in [-0.2, 0) is 16.1 Å². The van der Waals surface area contributed by atoms with Gasteiger partial charge in [0.25, 0.3) is 0 Å². The highest BCUT2D eigenvalue weighted by atomic mass is 16.2. The molecule has 2 amide bonds. The zero-order chi connectivity index (χ0) is 20.8. The molecule has 6 nitrogen and oxygen atoms in total. The van der Waals surface area contributed by atoms with E-state index in [0.717, 1.165) is 84.2 Å². The second-order valence-electron chi connectivity index (χ2n) is 9.45. The number of rotatable bonds is 7. The lowest BCUT2D eigenvalue weighted by Crippen LogP contribution is -2.46. The molecule has 0 bridgehead atoms. The van der Waals surface area contributed by atoms with Gasteiger partial charge in [-0.25, -0.2) is 0 Å². The van der Waals surface area contributed by atoms with Crippen LogP contribution in [-0.4, -0.2) is 59.3 Å². The van der Waals surface area contributed by atoms with E-state index in [1.807, 2.05) is 17.2 Å². The van der Waals surface area contributed by atoms with Crippen molar-refractivity contribution >= 4 is 11.8 Å². The summed E-state index contributed by atoms with van der Waals surface area (Å²) in [6.45, 7) is 5.37. The normalized spacial score (nSPS) is 27.5. The van der Waals surface area contributed by atoms with Gasteiger partial charge >= 0.3 is 0 Å². The Bertz CT molecular complexity index is 702. The summed E-state index contributed by atoms with van der Waals surface area (Å²) in [5.74, 6) is 1.99. The Morgan fingerprint density at radius 2 is 1.97 bits per heavy atom. The molecule has 0 aromatic carbocycles. The lowest BCUT2D eigenvalue weighted by Gasteiger charge is -2.38. The van der Waals surface area contributed by atoms with Crippen LogP contribution < -0.4 is 5.32 Å². The van der Waals surface area contributed by atoms with Gasteiger partial charge in [0.2, 0.25) is 11.8 Å². The highest BCUT2D eigenvalue weighted by Gasteiger charge is 2.33. The molecule has 0 spiro atoms. The fourth-order valence-corrected chi connectivity index (χ4v) is 5.42. The first-order chi connectivity index (χ1) is 14.7. The average molecular weight is 413 g/mol. The van der Waals surface area contributed by atoms with Crippen LogP contribution in [0.2, 0.25) is 0 Å². The molecule has 1 atom stereocenters. The number of carbonyl (C=O) groups excluding carboxylic acids is 2. The van der Waals surface area contributed by atoms with Crippen LogP contribution in [0.15, 0.2) is 24.5 Å². The SMILES string of the molecule is O=C1CCCN1CC1CCCN(C(=O)C2CCC(CNCc3cccnc3)CC2)C1. The Morgan fingerprint density at radius 3 is 2.70 bits per heavy atom. The average Bonchev–Trinajstić information content (AvgIpc) is 3.19. The molecule has 1 aromatic rings. The molecule has 4 rings (SSSR count). The molecule has 3 aliphatic rings. The van der Waals surface area contributed by atoms with Gasteiger partial charge in [0.1, 0.15) is 0 Å². The van der Waals surface area contributed by atoms with Gasteiger partial charge in [0, 0.05) is 57.5 Å². The number of nitrogens with one attached hydrogen (secondary N) is 1. The number of hydrogen-bond donors (Lipinski definition) is 1. The van der Waals surface area contributed by atoms with E-state index in [2.05, 4.69) is 21.3 Å². The van der Waals surface area contributed by atoms with E-state index < -0.39 is 0 Å². The van der Waals surface area contributed by atoms with E-state index >= 15 is 0 Å². The molecule has 2 aliphatic heterocycles. The Balaban J connectivity index is 1.17. The van der Waals surface area contributed by atoms with Gasteiger partial charge in [0.15, 0.2) is 0 Å². The smallest absolute Gasteiger partial charge is 0.225 e. The van der Waals surface area contributed by atoms with Gasteiger partial charge in [-0.3, -0.25) is 14.6 Å². The van der Waals surface area contributed by atoms with Crippen LogP contribution in [0.25, 0.3) is 0 Å². The highest BCUT2D eigenvalue weighted by molar-refractivity contribution is 5.79. The Labute approximate surface area is 180 Å². The predicted molar refractivity (Wildman–Crippen MR) is 117 cm³/mol. The second kappa shape index (κ2) is 10.4. The van der Waals surface area contributed by atoms with Gasteiger partial charge < -0.3 is 15.1 Å². The highest BCUT2D eigenvalue weighted by Crippen LogP contribution is 2.31. The number of hydrogen-bond acceptors (Lipinski definition) is 4. The molecule has 0 radical (unpaired) electrons. The van der Waals surface area contributed by atoms with E-state index in [1.54, 1.807) is 6.20 Å². The maximum absolute atomic E-state index is 13.1. The topological polar surface area (TPSA) is 65.5 Å². The molecule has 1 saturated carbocycles. The maximum Gasteiger partial charge on any atom is 0.225 e. The van der Waals surface area contributed by atoms with E-state index in [4.69, 9.17) is 0 Å². The van der Waals surface area contributed by atoms with Gasteiger partial charge in [-0.15, -0.1) is 0 Å². The van der Waals surface area contributed by atoms with Crippen molar-refractivity contribution in [2.24, 2.45) is 17.8 Å². The van der Waals surface area contributed by atoms with Crippen LogP contribution in [0.4, 0.5) is 0 Å². The molecule has 164 valence electrons. The van der Waals surface area contributed by atoms with E-state index in [-0.39, 0.29) is 5.92 Å². The third kappa shape index (κ3) is 5.60. The fourth-order valence-electron chi connectivity index (χ4n) is 5.42. The van der Waals surface area contributed by atoms with Crippen LogP contribution in [0.1, 0.15) is 56.9 Å². The summed E-state index contributed by atoms with van der Waals surface area (Å²) in [5.41, 5.74) is 1.22. The predicted octanol–water partition coefficient (Wildman–Crippen LogP) is 2.84. The summed E-state index contributed by atoms with van der Waals surface area (Å²) in [7, 11) is 0. The molecule has 3 heterocycles. The van der Waals surface area contributed by atoms with Crippen molar-refractivity contribution in [3.63, 3.8) is 0 Å². The number of amides is 2. The molecule has 6 heteroatoms. The van der Waals surface area contributed by atoms with Crippen molar-refractivity contribution in [1.29, 1.82) is 0 Å². The minimum absolute atomic E-state index is 0.201. The van der Waals surface area contributed by atoms with Crippen molar-refractivity contribution in [1.82, 2.24) is 20.1 Å². The zero-order valence-corrected chi connectivity index (χ0v) is 18.1. The van der Waals surface area contributed by atoms with Crippen LogP contribution in [0, 0.1) is 17.8 Å². The zero-order valence-electron chi connectivity index (χ0n) is 18.1. The molecule has 1 aromatic heterocycles. The summed E-state index contributed by atoms with van der Waals surface area (Å²) < 4.78 is 0. The van der Waals surface area contributed by atoms with E-state index in [0.29, 0.717) is 30.1 Å². The fraction of sp³-hybridized carbons (Fsp3) is 0.708. The summed E-state index contributed by atoms with van der Waals surface area (Å²) in [6, 6.07) is 4.07. The summed E-state index contributed by atoms with van der Waals surface area (Å²) in [4.78, 5) is 33.4. The minimum Gasteiger partial charge on any atom is -0.342 e.